The van der Waals surface area contributed by atoms with Crippen molar-refractivity contribution < 1.29 is 9.36 Å². The summed E-state index contributed by atoms with van der Waals surface area (Å²) in [7, 11) is 1.90. The van der Waals surface area contributed by atoms with Crippen LogP contribution in [0.15, 0.2) is 49.1 Å². The summed E-state index contributed by atoms with van der Waals surface area (Å²) in [4.78, 5) is 14.3. The number of imidazole rings is 1. The first kappa shape index (κ1) is 13.3. The zero-order valence-electron chi connectivity index (χ0n) is 11.7. The highest BCUT2D eigenvalue weighted by Gasteiger charge is 2.23. The molecule has 0 N–H and O–H groups in total. The number of aromatic nitrogens is 2. The summed E-state index contributed by atoms with van der Waals surface area (Å²) in [5.41, 5.74) is 1.14. The molecule has 1 heterocycles. The fourth-order valence-electron chi connectivity index (χ4n) is 1.96. The summed E-state index contributed by atoms with van der Waals surface area (Å²) in [6.45, 7) is 4.69. The van der Waals surface area contributed by atoms with Crippen LogP contribution in [0.5, 0.6) is 0 Å². The van der Waals surface area contributed by atoms with Crippen LogP contribution < -0.4 is 4.57 Å². The van der Waals surface area contributed by atoms with Crippen molar-refractivity contribution in [2.45, 2.75) is 26.4 Å². The van der Waals surface area contributed by atoms with Crippen LogP contribution in [0.2, 0.25) is 0 Å². The minimum Gasteiger partial charge on any atom is -0.298 e. The Morgan fingerprint density at radius 2 is 2.00 bits per heavy atom. The van der Waals surface area contributed by atoms with E-state index in [0.717, 1.165) is 5.56 Å². The second kappa shape index (κ2) is 5.69. The Balaban J connectivity index is 2.19. The van der Waals surface area contributed by atoms with Crippen LogP contribution in [0, 0.1) is 0 Å². The lowest BCUT2D eigenvalue weighted by atomic mass is 10.2. The number of nitrogens with zero attached hydrogens (tertiary/aromatic N) is 3. The molecule has 2 aromatic rings. The van der Waals surface area contributed by atoms with Gasteiger partial charge in [0.25, 0.3) is 6.33 Å². The third kappa shape index (κ3) is 3.22. The fourth-order valence-corrected chi connectivity index (χ4v) is 1.96. The number of benzene rings is 1. The lowest BCUT2D eigenvalue weighted by molar-refractivity contribution is -0.670. The molecule has 1 amide bonds. The van der Waals surface area contributed by atoms with Crippen molar-refractivity contribution in [3.05, 3.63) is 54.6 Å². The van der Waals surface area contributed by atoms with Crippen LogP contribution >= 0.6 is 0 Å². The van der Waals surface area contributed by atoms with E-state index in [1.54, 1.807) is 17.1 Å². The van der Waals surface area contributed by atoms with Crippen molar-refractivity contribution in [1.29, 1.82) is 0 Å². The molecule has 4 heteroatoms. The monoisotopic (exact) mass is 258 g/mol. The van der Waals surface area contributed by atoms with Crippen molar-refractivity contribution in [1.82, 2.24) is 9.47 Å². The second-order valence-corrected chi connectivity index (χ2v) is 4.98. The van der Waals surface area contributed by atoms with E-state index in [-0.39, 0.29) is 12.1 Å². The Morgan fingerprint density at radius 3 is 2.53 bits per heavy atom. The van der Waals surface area contributed by atoms with Gasteiger partial charge in [-0.05, 0) is 19.4 Å². The number of carbonyl (C=O) groups excluding carboxylic acids is 1. The molecule has 0 atom stereocenters. The smallest absolute Gasteiger partial charge is 0.298 e. The molecule has 0 saturated heterocycles. The highest BCUT2D eigenvalue weighted by molar-refractivity contribution is 5.76. The van der Waals surface area contributed by atoms with Crippen molar-refractivity contribution in [2.24, 2.45) is 7.05 Å². The van der Waals surface area contributed by atoms with E-state index in [1.165, 1.54) is 0 Å². The average molecular weight is 258 g/mol. The highest BCUT2D eigenvalue weighted by Crippen LogP contribution is 2.10. The van der Waals surface area contributed by atoms with Crippen LogP contribution in [-0.2, 0) is 13.6 Å². The van der Waals surface area contributed by atoms with Crippen LogP contribution in [0.25, 0.3) is 0 Å². The lowest BCUT2D eigenvalue weighted by Gasteiger charge is -2.24. The predicted molar refractivity (Wildman–Crippen MR) is 73.5 cm³/mol. The zero-order valence-corrected chi connectivity index (χ0v) is 11.7. The van der Waals surface area contributed by atoms with Gasteiger partial charge in [0.15, 0.2) is 0 Å². The predicted octanol–water partition coefficient (Wildman–Crippen LogP) is 2.19. The molecule has 19 heavy (non-hydrogen) atoms. The summed E-state index contributed by atoms with van der Waals surface area (Å²) < 4.78 is 3.47. The first-order chi connectivity index (χ1) is 9.08. The van der Waals surface area contributed by atoms with Gasteiger partial charge in [0.1, 0.15) is 12.4 Å². The molecule has 0 aliphatic heterocycles. The van der Waals surface area contributed by atoms with E-state index in [4.69, 9.17) is 0 Å². The normalized spacial score (nSPS) is 10.7. The zero-order chi connectivity index (χ0) is 13.8. The van der Waals surface area contributed by atoms with Gasteiger partial charge < -0.3 is 0 Å². The summed E-state index contributed by atoms with van der Waals surface area (Å²) in [5, 5.41) is 0. The molecule has 0 aliphatic carbocycles. The van der Waals surface area contributed by atoms with Crippen LogP contribution in [0.3, 0.4) is 0 Å². The second-order valence-electron chi connectivity index (χ2n) is 4.98. The molecule has 1 aromatic heterocycles. The van der Waals surface area contributed by atoms with Crippen molar-refractivity contribution in [3.63, 3.8) is 0 Å². The maximum Gasteiger partial charge on any atom is 0.416 e. The Labute approximate surface area is 113 Å². The third-order valence-corrected chi connectivity index (χ3v) is 3.05. The molecule has 0 saturated carbocycles. The van der Waals surface area contributed by atoms with Gasteiger partial charge in [0, 0.05) is 12.6 Å². The van der Waals surface area contributed by atoms with Gasteiger partial charge in [-0.25, -0.2) is 9.36 Å². The van der Waals surface area contributed by atoms with Gasteiger partial charge in [-0.1, -0.05) is 30.3 Å². The van der Waals surface area contributed by atoms with Crippen LogP contribution in [-0.4, -0.2) is 21.5 Å². The number of aryl methyl sites for hydroxylation is 1. The summed E-state index contributed by atoms with van der Waals surface area (Å²) in [6.07, 6.45) is 5.42. The Hall–Kier alpha value is -2.10. The largest absolute Gasteiger partial charge is 0.416 e. The molecular weight excluding hydrogens is 238 g/mol. The summed E-state index contributed by atoms with van der Waals surface area (Å²) in [6, 6.07) is 10.2. The molecule has 0 bridgehead atoms. The van der Waals surface area contributed by atoms with E-state index in [9.17, 15) is 4.79 Å². The molecule has 0 aliphatic rings. The maximum absolute atomic E-state index is 12.5. The number of hydrogen-bond acceptors (Lipinski definition) is 1. The topological polar surface area (TPSA) is 29.1 Å². The molecule has 1 aromatic carbocycles. The summed E-state index contributed by atoms with van der Waals surface area (Å²) >= 11 is 0. The molecule has 4 nitrogen and oxygen atoms in total. The van der Waals surface area contributed by atoms with Gasteiger partial charge in [-0.15, -0.1) is 0 Å². The molecule has 0 spiro atoms. The number of carbonyl (C=O) groups is 1. The minimum atomic E-state index is -0.000506. The molecule has 0 unspecified atom stereocenters. The van der Waals surface area contributed by atoms with E-state index in [2.05, 4.69) is 0 Å². The summed E-state index contributed by atoms with van der Waals surface area (Å²) in [5.74, 6) is 0. The maximum atomic E-state index is 12.5. The van der Waals surface area contributed by atoms with Gasteiger partial charge in [-0.3, -0.25) is 4.90 Å². The fraction of sp³-hybridized carbons (Fsp3) is 0.333. The minimum absolute atomic E-state index is 0.000506. The van der Waals surface area contributed by atoms with Crippen LogP contribution in [0.1, 0.15) is 19.4 Å². The lowest BCUT2D eigenvalue weighted by Crippen LogP contribution is -2.39. The van der Waals surface area contributed by atoms with Gasteiger partial charge in [0.2, 0.25) is 0 Å². The van der Waals surface area contributed by atoms with Crippen molar-refractivity contribution >= 4 is 6.03 Å². The Morgan fingerprint density at radius 1 is 1.32 bits per heavy atom. The van der Waals surface area contributed by atoms with Gasteiger partial charge >= 0.3 is 6.03 Å². The number of hydrogen-bond donors (Lipinski definition) is 0. The first-order valence-corrected chi connectivity index (χ1v) is 6.46. The molecule has 0 fully saturated rings. The first-order valence-electron chi connectivity index (χ1n) is 6.46. The van der Waals surface area contributed by atoms with E-state index in [0.29, 0.717) is 6.54 Å². The van der Waals surface area contributed by atoms with E-state index in [1.807, 2.05) is 66.9 Å². The standard InChI is InChI=1S/C15H20N3O/c1-13(2)18(11-14-7-5-4-6-8-14)15(19)17-10-9-16(3)12-17/h4-10,12-13H,11H2,1-3H3/q+1. The number of rotatable bonds is 3. The molecule has 0 radical (unpaired) electrons. The van der Waals surface area contributed by atoms with E-state index < -0.39 is 0 Å². The van der Waals surface area contributed by atoms with Crippen molar-refractivity contribution in [3.8, 4) is 0 Å². The van der Waals surface area contributed by atoms with Gasteiger partial charge in [-0.2, -0.15) is 4.57 Å². The quantitative estimate of drug-likeness (QED) is 0.776. The SMILES string of the molecule is CC(C)N(Cc1ccccc1)C(=O)n1cc[n+](C)c1. The third-order valence-electron chi connectivity index (χ3n) is 3.05. The average Bonchev–Trinajstić information content (AvgIpc) is 2.83. The van der Waals surface area contributed by atoms with E-state index >= 15 is 0 Å². The van der Waals surface area contributed by atoms with Crippen molar-refractivity contribution in [2.75, 3.05) is 0 Å². The van der Waals surface area contributed by atoms with Crippen LogP contribution in [0.4, 0.5) is 4.79 Å². The molecule has 100 valence electrons. The number of amides is 1. The van der Waals surface area contributed by atoms with Gasteiger partial charge in [0.05, 0.1) is 7.05 Å². The Kier molecular flexibility index (Phi) is 4.00. The molecule has 2 rings (SSSR count). The molecular formula is C15H20N3O+. The Bertz CT molecular complexity index is 546. The highest BCUT2D eigenvalue weighted by atomic mass is 16.2.